The first-order valence-corrected chi connectivity index (χ1v) is 9.87. The number of rotatable bonds is 3. The number of amides is 3. The number of nitrogens with zero attached hydrogens (tertiary/aromatic N) is 3. The maximum Gasteiger partial charge on any atom is 0.328 e. The zero-order valence-electron chi connectivity index (χ0n) is 15.2. The molecule has 2 saturated heterocycles. The van der Waals surface area contributed by atoms with E-state index >= 15 is 0 Å². The van der Waals surface area contributed by atoms with Gasteiger partial charge in [0, 0.05) is 12.2 Å². The van der Waals surface area contributed by atoms with Crippen molar-refractivity contribution in [3.05, 3.63) is 66.0 Å². The number of pyridine rings is 1. The summed E-state index contributed by atoms with van der Waals surface area (Å²) in [5, 5.41) is 0. The van der Waals surface area contributed by atoms with Crippen LogP contribution in [0.5, 0.6) is 0 Å². The van der Waals surface area contributed by atoms with Gasteiger partial charge in [0.15, 0.2) is 0 Å². The molecule has 5 nitrogen and oxygen atoms in total. The van der Waals surface area contributed by atoms with E-state index in [2.05, 4.69) is 4.98 Å². The van der Waals surface area contributed by atoms with Crippen molar-refractivity contribution < 1.29 is 9.59 Å². The molecule has 1 aliphatic carbocycles. The van der Waals surface area contributed by atoms with Crippen molar-refractivity contribution in [2.75, 3.05) is 0 Å². The molecule has 4 atom stereocenters. The van der Waals surface area contributed by atoms with E-state index in [-0.39, 0.29) is 24.0 Å². The van der Waals surface area contributed by atoms with Crippen LogP contribution in [0, 0.1) is 5.92 Å². The van der Waals surface area contributed by atoms with Crippen LogP contribution in [-0.4, -0.2) is 38.8 Å². The third-order valence-corrected chi connectivity index (χ3v) is 6.38. The van der Waals surface area contributed by atoms with E-state index in [1.807, 2.05) is 53.4 Å². The van der Waals surface area contributed by atoms with Gasteiger partial charge >= 0.3 is 6.03 Å². The number of carbonyl (C=O) groups excluding carboxylic acids is 2. The van der Waals surface area contributed by atoms with Crippen LogP contribution in [0.4, 0.5) is 4.79 Å². The fourth-order valence-electron chi connectivity index (χ4n) is 5.20. The maximum atomic E-state index is 13.4. The molecule has 0 bridgehead atoms. The topological polar surface area (TPSA) is 53.5 Å². The molecule has 3 amide bonds. The number of fused-ring (bicyclic) bond motifs is 3. The molecular formula is C22H23N3O2. The fourth-order valence-corrected chi connectivity index (χ4v) is 5.20. The summed E-state index contributed by atoms with van der Waals surface area (Å²) < 4.78 is 0. The number of benzene rings is 1. The largest absolute Gasteiger partial charge is 0.328 e. The first-order valence-electron chi connectivity index (χ1n) is 9.87. The van der Waals surface area contributed by atoms with Crippen molar-refractivity contribution in [2.45, 2.75) is 50.2 Å². The molecule has 0 N–H and O–H groups in total. The summed E-state index contributed by atoms with van der Waals surface area (Å²) in [6.07, 6.45) is 7.06. The lowest BCUT2D eigenvalue weighted by molar-refractivity contribution is -0.129. The molecule has 0 unspecified atom stereocenters. The molecule has 1 aromatic carbocycles. The molecule has 3 aliphatic rings. The molecule has 1 saturated carbocycles. The third-order valence-electron chi connectivity index (χ3n) is 6.38. The Morgan fingerprint density at radius 3 is 2.52 bits per heavy atom. The summed E-state index contributed by atoms with van der Waals surface area (Å²) in [4.78, 5) is 34.6. The van der Waals surface area contributed by atoms with E-state index in [1.165, 1.54) is 11.3 Å². The highest BCUT2D eigenvalue weighted by atomic mass is 16.2. The van der Waals surface area contributed by atoms with Gasteiger partial charge < -0.3 is 4.90 Å². The number of urea groups is 1. The Labute approximate surface area is 159 Å². The van der Waals surface area contributed by atoms with Crippen LogP contribution in [-0.2, 0) is 4.79 Å². The van der Waals surface area contributed by atoms with Gasteiger partial charge in [-0.3, -0.25) is 9.78 Å². The van der Waals surface area contributed by atoms with Crippen molar-refractivity contribution >= 4 is 11.9 Å². The monoisotopic (exact) mass is 361 g/mol. The van der Waals surface area contributed by atoms with Crippen molar-refractivity contribution in [1.82, 2.24) is 14.8 Å². The Bertz CT molecular complexity index is 815. The minimum absolute atomic E-state index is 0.0612. The summed E-state index contributed by atoms with van der Waals surface area (Å²) in [5.74, 6) is 0.428. The summed E-state index contributed by atoms with van der Waals surface area (Å²) in [6.45, 7) is 0. The zero-order chi connectivity index (χ0) is 18.4. The average Bonchev–Trinajstić information content (AvgIpc) is 3.21. The van der Waals surface area contributed by atoms with Gasteiger partial charge in [0.25, 0.3) is 5.91 Å². The van der Waals surface area contributed by atoms with Crippen LogP contribution < -0.4 is 0 Å². The number of hydrogen-bond acceptors (Lipinski definition) is 3. The van der Waals surface area contributed by atoms with E-state index in [0.29, 0.717) is 5.92 Å². The highest BCUT2D eigenvalue weighted by Gasteiger charge is 2.57. The van der Waals surface area contributed by atoms with Crippen molar-refractivity contribution in [3.63, 3.8) is 0 Å². The van der Waals surface area contributed by atoms with Crippen LogP contribution in [0.2, 0.25) is 0 Å². The van der Waals surface area contributed by atoms with E-state index in [4.69, 9.17) is 0 Å². The number of hydrogen-bond donors (Lipinski definition) is 0. The van der Waals surface area contributed by atoms with Gasteiger partial charge in [0.1, 0.15) is 12.1 Å². The van der Waals surface area contributed by atoms with Gasteiger partial charge in [0.2, 0.25) is 0 Å². The molecule has 0 radical (unpaired) electrons. The summed E-state index contributed by atoms with van der Waals surface area (Å²) in [6, 6.07) is 14.7. The van der Waals surface area contributed by atoms with Crippen molar-refractivity contribution in [1.29, 1.82) is 0 Å². The molecule has 2 aromatic rings. The quantitative estimate of drug-likeness (QED) is 0.782. The highest BCUT2D eigenvalue weighted by molar-refractivity contribution is 6.05. The second-order valence-electron chi connectivity index (χ2n) is 7.83. The normalized spacial score (nSPS) is 28.2. The maximum absolute atomic E-state index is 13.4. The number of aromatic nitrogens is 1. The third kappa shape index (κ3) is 2.56. The van der Waals surface area contributed by atoms with E-state index in [1.54, 1.807) is 6.20 Å². The fraction of sp³-hybridized carbons (Fsp3) is 0.409. The predicted octanol–water partition coefficient (Wildman–Crippen LogP) is 3.77. The zero-order valence-corrected chi connectivity index (χ0v) is 15.2. The number of imide groups is 1. The second kappa shape index (κ2) is 6.48. The lowest BCUT2D eigenvalue weighted by Crippen LogP contribution is -2.42. The molecule has 3 fully saturated rings. The average molecular weight is 361 g/mol. The predicted molar refractivity (Wildman–Crippen MR) is 101 cm³/mol. The van der Waals surface area contributed by atoms with Gasteiger partial charge in [-0.1, -0.05) is 49.2 Å². The SMILES string of the molecule is O=C1[C@@H]2C[C@@H]3CCCC[C@H]3N2C(=O)N1[C@@H](c1ccccc1)c1ccccn1. The Kier molecular flexibility index (Phi) is 3.96. The standard InChI is InChI=1S/C22H23N3O2/c26-21-19-14-16-10-4-5-12-18(16)24(19)22(27)25(21)20(15-8-2-1-3-9-15)17-11-6-7-13-23-17/h1-3,6-9,11,13,16,18-20H,4-5,10,12,14H2/t16-,18+,19-,20-/m0/s1. The molecule has 2 aliphatic heterocycles. The lowest BCUT2D eigenvalue weighted by atomic mass is 9.84. The van der Waals surface area contributed by atoms with E-state index in [9.17, 15) is 9.59 Å². The first-order chi connectivity index (χ1) is 13.3. The molecular weight excluding hydrogens is 338 g/mol. The molecule has 0 spiro atoms. The molecule has 138 valence electrons. The molecule has 1 aromatic heterocycles. The second-order valence-corrected chi connectivity index (χ2v) is 7.83. The smallest absolute Gasteiger partial charge is 0.309 e. The van der Waals surface area contributed by atoms with Crippen LogP contribution in [0.3, 0.4) is 0 Å². The van der Waals surface area contributed by atoms with Gasteiger partial charge in [-0.05, 0) is 42.9 Å². The van der Waals surface area contributed by atoms with Gasteiger partial charge in [-0.2, -0.15) is 0 Å². The van der Waals surface area contributed by atoms with Gasteiger partial charge in [0.05, 0.1) is 5.69 Å². The number of carbonyl (C=O) groups is 2. The highest BCUT2D eigenvalue weighted by Crippen LogP contribution is 2.45. The van der Waals surface area contributed by atoms with E-state index < -0.39 is 6.04 Å². The Balaban J connectivity index is 1.55. The van der Waals surface area contributed by atoms with Crippen LogP contribution in [0.25, 0.3) is 0 Å². The Morgan fingerprint density at radius 1 is 0.963 bits per heavy atom. The Morgan fingerprint density at radius 2 is 1.74 bits per heavy atom. The van der Waals surface area contributed by atoms with Crippen LogP contribution in [0.15, 0.2) is 54.7 Å². The first kappa shape index (κ1) is 16.5. The van der Waals surface area contributed by atoms with Gasteiger partial charge in [-0.15, -0.1) is 0 Å². The van der Waals surface area contributed by atoms with Crippen LogP contribution in [0.1, 0.15) is 49.4 Å². The van der Waals surface area contributed by atoms with Gasteiger partial charge in [-0.25, -0.2) is 9.69 Å². The Hall–Kier alpha value is -2.69. The summed E-state index contributed by atoms with van der Waals surface area (Å²) >= 11 is 0. The van der Waals surface area contributed by atoms with Crippen molar-refractivity contribution in [2.24, 2.45) is 5.92 Å². The summed E-state index contributed by atoms with van der Waals surface area (Å²) in [7, 11) is 0. The molecule has 3 heterocycles. The van der Waals surface area contributed by atoms with E-state index in [0.717, 1.165) is 36.9 Å². The molecule has 5 heteroatoms. The lowest BCUT2D eigenvalue weighted by Gasteiger charge is -2.32. The minimum Gasteiger partial charge on any atom is -0.309 e. The van der Waals surface area contributed by atoms with Crippen LogP contribution >= 0.6 is 0 Å². The summed E-state index contributed by atoms with van der Waals surface area (Å²) in [5.41, 5.74) is 1.64. The molecule has 5 rings (SSSR count). The van der Waals surface area contributed by atoms with Crippen molar-refractivity contribution in [3.8, 4) is 0 Å². The molecule has 27 heavy (non-hydrogen) atoms. The minimum atomic E-state index is -0.472.